The highest BCUT2D eigenvalue weighted by molar-refractivity contribution is 5.94. The summed E-state index contributed by atoms with van der Waals surface area (Å²) in [6.07, 6.45) is 3.50. The van der Waals surface area contributed by atoms with Gasteiger partial charge >= 0.3 is 0 Å². The van der Waals surface area contributed by atoms with E-state index >= 15 is 0 Å². The van der Waals surface area contributed by atoms with Crippen molar-refractivity contribution in [2.24, 2.45) is 0 Å². The smallest absolute Gasteiger partial charge is 0.254 e. The fourth-order valence-corrected chi connectivity index (χ4v) is 2.77. The number of aromatic nitrogens is 1. The first-order chi connectivity index (χ1) is 11.1. The van der Waals surface area contributed by atoms with Gasteiger partial charge in [0.1, 0.15) is 5.82 Å². The van der Waals surface area contributed by atoms with Gasteiger partial charge in [-0.2, -0.15) is 4.73 Å². The van der Waals surface area contributed by atoms with Crippen LogP contribution in [0, 0.1) is 11.0 Å². The van der Waals surface area contributed by atoms with E-state index in [2.05, 4.69) is 4.90 Å². The molecule has 0 N–H and O–H groups in total. The predicted molar refractivity (Wildman–Crippen MR) is 84.5 cm³/mol. The van der Waals surface area contributed by atoms with Crippen LogP contribution >= 0.6 is 0 Å². The van der Waals surface area contributed by atoms with Crippen LogP contribution in [0.2, 0.25) is 0 Å². The number of carbonyl (C=O) groups is 1. The summed E-state index contributed by atoms with van der Waals surface area (Å²) < 4.78 is 13.7. The van der Waals surface area contributed by atoms with Gasteiger partial charge in [-0.1, -0.05) is 0 Å². The number of hydrogen-bond donors (Lipinski definition) is 0. The van der Waals surface area contributed by atoms with Crippen LogP contribution in [0.1, 0.15) is 16.8 Å². The molecule has 1 saturated heterocycles. The lowest BCUT2D eigenvalue weighted by Crippen LogP contribution is -2.35. The van der Waals surface area contributed by atoms with Crippen LogP contribution in [0.3, 0.4) is 0 Å². The van der Waals surface area contributed by atoms with Crippen LogP contribution in [0.25, 0.3) is 0 Å². The highest BCUT2D eigenvalue weighted by Gasteiger charge is 2.21. The second-order valence-corrected chi connectivity index (χ2v) is 5.56. The zero-order chi connectivity index (χ0) is 16.2. The first-order valence-corrected chi connectivity index (χ1v) is 7.62. The Labute approximate surface area is 134 Å². The lowest BCUT2D eigenvalue weighted by atomic mass is 10.2. The molecular weight excluding hydrogens is 297 g/mol. The third-order valence-corrected chi connectivity index (χ3v) is 4.02. The van der Waals surface area contributed by atoms with E-state index in [1.807, 2.05) is 0 Å². The minimum absolute atomic E-state index is 0.0634. The Morgan fingerprint density at radius 2 is 1.70 bits per heavy atom. The number of amides is 1. The van der Waals surface area contributed by atoms with Gasteiger partial charge in [-0.3, -0.25) is 4.79 Å². The Balaban J connectivity index is 1.67. The average Bonchev–Trinajstić information content (AvgIpc) is 2.82. The van der Waals surface area contributed by atoms with Crippen LogP contribution in [0.4, 0.5) is 10.1 Å². The van der Waals surface area contributed by atoms with Crippen molar-refractivity contribution in [1.29, 1.82) is 0 Å². The van der Waals surface area contributed by atoms with E-state index in [4.69, 9.17) is 0 Å². The van der Waals surface area contributed by atoms with E-state index in [-0.39, 0.29) is 11.7 Å². The normalized spacial score (nSPS) is 15.3. The van der Waals surface area contributed by atoms with Gasteiger partial charge in [0.05, 0.1) is 5.56 Å². The minimum atomic E-state index is -0.250. The molecule has 0 aliphatic carbocycles. The molecule has 1 aliphatic rings. The Hall–Kier alpha value is -2.63. The van der Waals surface area contributed by atoms with Gasteiger partial charge in [-0.05, 0) is 30.7 Å². The summed E-state index contributed by atoms with van der Waals surface area (Å²) in [6.45, 7) is 2.79. The minimum Gasteiger partial charge on any atom is -0.619 e. The summed E-state index contributed by atoms with van der Waals surface area (Å²) >= 11 is 0. The average molecular weight is 315 g/mol. The molecule has 3 rings (SSSR count). The third kappa shape index (κ3) is 3.59. The highest BCUT2D eigenvalue weighted by atomic mass is 19.1. The van der Waals surface area contributed by atoms with Gasteiger partial charge in [-0.15, -0.1) is 0 Å². The molecule has 5 nitrogen and oxygen atoms in total. The van der Waals surface area contributed by atoms with Gasteiger partial charge in [0.2, 0.25) is 0 Å². The van der Waals surface area contributed by atoms with Crippen molar-refractivity contribution in [3.8, 4) is 0 Å². The summed E-state index contributed by atoms with van der Waals surface area (Å²) in [5.41, 5.74) is 1.49. The molecule has 120 valence electrons. The summed E-state index contributed by atoms with van der Waals surface area (Å²) in [5.74, 6) is -0.313. The number of benzene rings is 1. The molecule has 1 fully saturated rings. The lowest BCUT2D eigenvalue weighted by molar-refractivity contribution is -0.605. The fraction of sp³-hybridized carbons (Fsp3) is 0.294. The number of carbonyl (C=O) groups excluding carboxylic acids is 1. The molecule has 0 bridgehead atoms. The zero-order valence-electron chi connectivity index (χ0n) is 12.7. The summed E-state index contributed by atoms with van der Waals surface area (Å²) in [6, 6.07) is 9.50. The second-order valence-electron chi connectivity index (χ2n) is 5.56. The molecule has 0 radical (unpaired) electrons. The molecule has 0 spiro atoms. The van der Waals surface area contributed by atoms with E-state index < -0.39 is 0 Å². The standard InChI is InChI=1S/C17H18FN3O2/c18-15-2-4-16(5-3-15)19-8-1-9-20(13-12-19)17(22)14-6-10-21(23)11-7-14/h2-7,10-11H,1,8-9,12-13H2. The number of anilines is 1. The Kier molecular flexibility index (Phi) is 4.41. The van der Waals surface area contributed by atoms with Crippen LogP contribution < -0.4 is 9.63 Å². The Bertz CT molecular complexity index is 673. The number of pyridine rings is 1. The number of hydrogen-bond acceptors (Lipinski definition) is 3. The second kappa shape index (κ2) is 6.64. The van der Waals surface area contributed by atoms with Crippen LogP contribution in [-0.2, 0) is 0 Å². The molecule has 1 aromatic carbocycles. The number of rotatable bonds is 2. The Morgan fingerprint density at radius 1 is 1.00 bits per heavy atom. The van der Waals surface area contributed by atoms with E-state index in [0.29, 0.717) is 29.9 Å². The SMILES string of the molecule is O=C(c1cc[n+]([O-])cc1)N1CCCN(c2ccc(F)cc2)CC1. The van der Waals surface area contributed by atoms with Crippen molar-refractivity contribution in [2.75, 3.05) is 31.1 Å². The van der Waals surface area contributed by atoms with Crippen molar-refractivity contribution in [3.63, 3.8) is 0 Å². The number of nitrogens with zero attached hydrogens (tertiary/aromatic N) is 3. The first kappa shape index (κ1) is 15.3. The summed E-state index contributed by atoms with van der Waals surface area (Å²) in [4.78, 5) is 16.5. The fourth-order valence-electron chi connectivity index (χ4n) is 2.77. The molecule has 2 heterocycles. The maximum atomic E-state index is 13.0. The lowest BCUT2D eigenvalue weighted by Gasteiger charge is -2.23. The quantitative estimate of drug-likeness (QED) is 0.627. The van der Waals surface area contributed by atoms with Crippen molar-refractivity contribution in [3.05, 3.63) is 65.4 Å². The molecule has 0 unspecified atom stereocenters. The van der Waals surface area contributed by atoms with Crippen LogP contribution in [0.15, 0.2) is 48.8 Å². The molecule has 1 aliphatic heterocycles. The molecule has 2 aromatic rings. The number of halogens is 1. The molecule has 0 atom stereocenters. The van der Waals surface area contributed by atoms with Gasteiger partial charge < -0.3 is 15.0 Å². The van der Waals surface area contributed by atoms with Crippen LogP contribution in [0.5, 0.6) is 0 Å². The third-order valence-electron chi connectivity index (χ3n) is 4.02. The Morgan fingerprint density at radius 3 is 2.39 bits per heavy atom. The molecular formula is C17H18FN3O2. The molecule has 6 heteroatoms. The van der Waals surface area contributed by atoms with Crippen LogP contribution in [-0.4, -0.2) is 37.0 Å². The van der Waals surface area contributed by atoms with Gasteiger partial charge in [-0.25, -0.2) is 4.39 Å². The van der Waals surface area contributed by atoms with Crippen molar-refractivity contribution >= 4 is 11.6 Å². The largest absolute Gasteiger partial charge is 0.619 e. The van der Waals surface area contributed by atoms with Crippen molar-refractivity contribution in [2.45, 2.75) is 6.42 Å². The maximum absolute atomic E-state index is 13.0. The first-order valence-electron chi connectivity index (χ1n) is 7.62. The molecule has 23 heavy (non-hydrogen) atoms. The van der Waals surface area contributed by atoms with Crippen molar-refractivity contribution in [1.82, 2.24) is 4.90 Å². The van der Waals surface area contributed by atoms with Gasteiger partial charge in [0, 0.05) is 44.0 Å². The summed E-state index contributed by atoms with van der Waals surface area (Å²) in [5, 5.41) is 11.1. The summed E-state index contributed by atoms with van der Waals surface area (Å²) in [7, 11) is 0. The monoisotopic (exact) mass is 315 g/mol. The maximum Gasteiger partial charge on any atom is 0.254 e. The van der Waals surface area contributed by atoms with E-state index in [0.717, 1.165) is 18.7 Å². The molecule has 1 aromatic heterocycles. The predicted octanol–water partition coefficient (Wildman–Crippen LogP) is 1.81. The van der Waals surface area contributed by atoms with Gasteiger partial charge in [0.15, 0.2) is 12.4 Å². The van der Waals surface area contributed by atoms with E-state index in [1.54, 1.807) is 17.0 Å². The topological polar surface area (TPSA) is 50.5 Å². The van der Waals surface area contributed by atoms with Gasteiger partial charge in [0.25, 0.3) is 5.91 Å². The van der Waals surface area contributed by atoms with Crippen molar-refractivity contribution < 1.29 is 13.9 Å². The molecule has 1 amide bonds. The van der Waals surface area contributed by atoms with E-state index in [1.165, 1.54) is 36.7 Å². The molecule has 0 saturated carbocycles. The zero-order valence-corrected chi connectivity index (χ0v) is 12.7. The highest BCUT2D eigenvalue weighted by Crippen LogP contribution is 2.17. The van der Waals surface area contributed by atoms with E-state index in [9.17, 15) is 14.4 Å².